The Morgan fingerprint density at radius 1 is 1.18 bits per heavy atom. The lowest BCUT2D eigenvalue weighted by Gasteiger charge is -2.52. The minimum Gasteiger partial charge on any atom is -0.495 e. The van der Waals surface area contributed by atoms with E-state index in [9.17, 15) is 4.57 Å². The molecule has 2 aliphatic rings. The molecule has 2 aromatic rings. The average molecular weight is 574 g/mol. The van der Waals surface area contributed by atoms with Crippen LogP contribution < -0.4 is 20.7 Å². The van der Waals surface area contributed by atoms with Gasteiger partial charge in [-0.15, -0.1) is 0 Å². The smallest absolute Gasteiger partial charge is 0.228 e. The summed E-state index contributed by atoms with van der Waals surface area (Å²) in [7, 11) is 1.15. The number of benzene rings is 2. The van der Waals surface area contributed by atoms with Crippen molar-refractivity contribution in [2.75, 3.05) is 51.2 Å². The molecule has 0 amide bonds. The molecule has 1 aliphatic carbocycles. The summed E-state index contributed by atoms with van der Waals surface area (Å²) in [4.78, 5) is 10.9. The van der Waals surface area contributed by atoms with Crippen molar-refractivity contribution in [2.45, 2.75) is 38.5 Å². The molecule has 0 unspecified atom stereocenters. The van der Waals surface area contributed by atoms with Crippen LogP contribution in [0.3, 0.4) is 0 Å². The molecule has 0 bridgehead atoms. The maximum Gasteiger partial charge on any atom is 0.228 e. The zero-order valence-electron chi connectivity index (χ0n) is 23.4. The maximum absolute atomic E-state index is 15.4. The number of likely N-dealkylation sites (tertiary alicyclic amines) is 1. The number of rotatable bonds is 7. The standard InChI is InChI=1S/C29H38ClFN5O2P/c1-19(30)27(33-23-9-7-8-10-26(23)39(5,6)37)35-28(32-2)34-24-16-22(31)21(15-25(24)38-4)20-17-29(18-20)11-13-36(3)14-12-29/h7-10,15-16,20,33H,2,11-14,17-18H2,1,3-6H3,(H,34,35)/b27-19+. The lowest BCUT2D eigenvalue weighted by molar-refractivity contribution is 0.0227. The summed E-state index contributed by atoms with van der Waals surface area (Å²) in [6, 6.07) is 10.5. The number of halogens is 2. The number of anilines is 2. The van der Waals surface area contributed by atoms with Gasteiger partial charge >= 0.3 is 0 Å². The third kappa shape index (κ3) is 6.74. The molecule has 10 heteroatoms. The first-order chi connectivity index (χ1) is 18.4. The summed E-state index contributed by atoms with van der Waals surface area (Å²) in [5, 5.41) is 7.23. The first-order valence-electron chi connectivity index (χ1n) is 13.1. The number of hydrogen-bond donors (Lipinski definition) is 2. The summed E-state index contributed by atoms with van der Waals surface area (Å²) >= 11 is 6.36. The first-order valence-corrected chi connectivity index (χ1v) is 16.1. The van der Waals surface area contributed by atoms with E-state index in [0.29, 0.717) is 44.3 Å². The molecule has 1 aliphatic heterocycles. The SMILES string of the molecule is C=N/C(=N\C(Nc1ccccc1P(C)(C)=O)=C(/C)Cl)Nc1cc(F)c(C2CC3(CCN(C)CC3)C2)cc1OC. The van der Waals surface area contributed by atoms with Gasteiger partial charge in [0.25, 0.3) is 0 Å². The molecule has 1 heterocycles. The number of nitrogens with zero attached hydrogens (tertiary/aromatic N) is 3. The molecule has 7 nitrogen and oxygen atoms in total. The van der Waals surface area contributed by atoms with Crippen LogP contribution in [0, 0.1) is 11.2 Å². The van der Waals surface area contributed by atoms with E-state index in [1.807, 2.05) is 24.3 Å². The van der Waals surface area contributed by atoms with Gasteiger partial charge in [0.15, 0.2) is 0 Å². The number of allylic oxidation sites excluding steroid dienone is 1. The zero-order valence-corrected chi connectivity index (χ0v) is 25.0. The van der Waals surface area contributed by atoms with Crippen molar-refractivity contribution in [1.29, 1.82) is 0 Å². The van der Waals surface area contributed by atoms with Crippen LogP contribution in [0.5, 0.6) is 5.75 Å². The van der Waals surface area contributed by atoms with Crippen molar-refractivity contribution in [3.63, 3.8) is 0 Å². The number of ether oxygens (including phenoxy) is 1. The van der Waals surface area contributed by atoms with Gasteiger partial charge in [-0.2, -0.15) is 4.99 Å². The highest BCUT2D eigenvalue weighted by Crippen LogP contribution is 2.57. The van der Waals surface area contributed by atoms with Crippen LogP contribution in [-0.4, -0.2) is 58.2 Å². The van der Waals surface area contributed by atoms with E-state index in [0.717, 1.165) is 25.9 Å². The molecule has 210 valence electrons. The Hall–Kier alpha value is -2.67. The van der Waals surface area contributed by atoms with Crippen LogP contribution in [-0.2, 0) is 4.57 Å². The number of para-hydroxylation sites is 1. The van der Waals surface area contributed by atoms with Crippen molar-refractivity contribution in [3.8, 4) is 5.75 Å². The molecule has 2 N–H and O–H groups in total. The number of aliphatic imine (C=N–C) groups is 2. The fourth-order valence-corrected chi connectivity index (χ4v) is 6.80. The molecule has 0 aromatic heterocycles. The Morgan fingerprint density at radius 3 is 2.44 bits per heavy atom. The molecule has 2 aromatic carbocycles. The third-order valence-corrected chi connectivity index (χ3v) is 9.57. The second kappa shape index (κ2) is 11.8. The summed E-state index contributed by atoms with van der Waals surface area (Å²) in [6.07, 6.45) is 4.36. The predicted molar refractivity (Wildman–Crippen MR) is 162 cm³/mol. The van der Waals surface area contributed by atoms with Crippen LogP contribution in [0.25, 0.3) is 0 Å². The van der Waals surface area contributed by atoms with E-state index in [1.165, 1.54) is 18.9 Å². The molecule has 0 atom stereocenters. The van der Waals surface area contributed by atoms with E-state index in [-0.39, 0.29) is 17.7 Å². The molecule has 4 rings (SSSR count). The molecule has 39 heavy (non-hydrogen) atoms. The average Bonchev–Trinajstić information content (AvgIpc) is 2.87. The summed E-state index contributed by atoms with van der Waals surface area (Å²) in [5.74, 6) is 0.795. The molecular formula is C29H38ClFN5O2P. The highest BCUT2D eigenvalue weighted by Gasteiger charge is 2.46. The molecule has 1 saturated carbocycles. The monoisotopic (exact) mass is 573 g/mol. The molecule has 1 spiro atoms. The Morgan fingerprint density at radius 2 is 1.85 bits per heavy atom. The van der Waals surface area contributed by atoms with Gasteiger partial charge in [0, 0.05) is 11.4 Å². The number of guanidine groups is 1. The van der Waals surface area contributed by atoms with Gasteiger partial charge < -0.3 is 24.8 Å². The van der Waals surface area contributed by atoms with Crippen molar-refractivity contribution in [1.82, 2.24) is 4.90 Å². The fraction of sp³-hybridized carbons (Fsp3) is 0.448. The number of piperidine rings is 1. The zero-order chi connectivity index (χ0) is 28.4. The second-order valence-corrected chi connectivity index (χ2v) is 14.8. The second-order valence-electron chi connectivity index (χ2n) is 11.1. The highest BCUT2D eigenvalue weighted by atomic mass is 35.5. The van der Waals surface area contributed by atoms with Gasteiger partial charge in [-0.1, -0.05) is 23.7 Å². The predicted octanol–water partition coefficient (Wildman–Crippen LogP) is 6.68. The van der Waals surface area contributed by atoms with Crippen LogP contribution >= 0.6 is 18.7 Å². The van der Waals surface area contributed by atoms with Gasteiger partial charge in [-0.05, 0) is 108 Å². The van der Waals surface area contributed by atoms with E-state index in [4.69, 9.17) is 16.3 Å². The van der Waals surface area contributed by atoms with E-state index in [1.54, 1.807) is 33.4 Å². The van der Waals surface area contributed by atoms with Crippen LogP contribution in [0.2, 0.25) is 0 Å². The van der Waals surface area contributed by atoms with Gasteiger partial charge in [-0.3, -0.25) is 0 Å². The molecule has 1 saturated heterocycles. The van der Waals surface area contributed by atoms with E-state index < -0.39 is 7.14 Å². The summed E-state index contributed by atoms with van der Waals surface area (Å²) in [5.41, 5.74) is 2.05. The lowest BCUT2D eigenvalue weighted by Crippen LogP contribution is -2.45. The Labute approximate surface area is 236 Å². The minimum absolute atomic E-state index is 0.102. The Kier molecular flexibility index (Phi) is 8.89. The van der Waals surface area contributed by atoms with Crippen molar-refractivity contribution in [3.05, 3.63) is 58.6 Å². The quantitative estimate of drug-likeness (QED) is 0.219. The van der Waals surface area contributed by atoms with E-state index in [2.05, 4.69) is 39.3 Å². The molecular weight excluding hydrogens is 536 g/mol. The van der Waals surface area contributed by atoms with Crippen molar-refractivity contribution in [2.24, 2.45) is 15.4 Å². The lowest BCUT2D eigenvalue weighted by atomic mass is 9.56. The van der Waals surface area contributed by atoms with Gasteiger partial charge in [0.05, 0.1) is 23.5 Å². The van der Waals surface area contributed by atoms with Crippen LogP contribution in [0.15, 0.2) is 57.2 Å². The molecule has 0 radical (unpaired) electrons. The highest BCUT2D eigenvalue weighted by molar-refractivity contribution is 7.70. The normalized spacial score (nSPS) is 18.8. The van der Waals surface area contributed by atoms with E-state index >= 15 is 4.39 Å². The largest absolute Gasteiger partial charge is 0.495 e. The van der Waals surface area contributed by atoms with Crippen molar-refractivity contribution >= 4 is 48.1 Å². The van der Waals surface area contributed by atoms with Gasteiger partial charge in [0.2, 0.25) is 5.96 Å². The Balaban J connectivity index is 1.55. The van der Waals surface area contributed by atoms with Crippen LogP contribution in [0.1, 0.15) is 44.1 Å². The van der Waals surface area contributed by atoms with Gasteiger partial charge in [0.1, 0.15) is 24.5 Å². The number of methoxy groups -OCH3 is 1. The fourth-order valence-electron chi connectivity index (χ4n) is 5.55. The summed E-state index contributed by atoms with van der Waals surface area (Å²) < 4.78 is 33.8. The number of hydrogen-bond acceptors (Lipinski definition) is 5. The first kappa shape index (κ1) is 29.3. The number of nitrogens with one attached hydrogen (secondary N) is 2. The molecule has 2 fully saturated rings. The topological polar surface area (TPSA) is 78.3 Å². The third-order valence-electron chi connectivity index (χ3n) is 7.84. The van der Waals surface area contributed by atoms with Crippen LogP contribution in [0.4, 0.5) is 15.8 Å². The minimum atomic E-state index is -2.57. The van der Waals surface area contributed by atoms with Crippen molar-refractivity contribution < 1.29 is 13.7 Å². The summed E-state index contributed by atoms with van der Waals surface area (Å²) in [6.45, 7) is 10.9. The maximum atomic E-state index is 15.4. The Bertz CT molecular complexity index is 1340. The van der Waals surface area contributed by atoms with Gasteiger partial charge in [-0.25, -0.2) is 9.38 Å².